The molecule has 0 spiro atoms. The van der Waals surface area contributed by atoms with Crippen molar-refractivity contribution in [3.05, 3.63) is 35.5 Å². The highest BCUT2D eigenvalue weighted by Crippen LogP contribution is 2.33. The fraction of sp³-hybridized carbons (Fsp3) is 0.429. The highest BCUT2D eigenvalue weighted by molar-refractivity contribution is 6.02. The van der Waals surface area contributed by atoms with Gasteiger partial charge in [-0.05, 0) is 19.8 Å². The van der Waals surface area contributed by atoms with Gasteiger partial charge in [0.15, 0.2) is 5.82 Å². The van der Waals surface area contributed by atoms with Crippen LogP contribution < -0.4 is 5.32 Å². The normalized spacial score (nSPS) is 15.4. The molecule has 1 amide bonds. The number of rotatable bonds is 3. The second-order valence-electron chi connectivity index (χ2n) is 5.13. The van der Waals surface area contributed by atoms with Crippen LogP contribution in [0.25, 0.3) is 0 Å². The summed E-state index contributed by atoms with van der Waals surface area (Å²) >= 11 is 0. The van der Waals surface area contributed by atoms with E-state index in [1.54, 1.807) is 13.1 Å². The van der Waals surface area contributed by atoms with Crippen molar-refractivity contribution in [1.82, 2.24) is 20.2 Å². The van der Waals surface area contributed by atoms with E-state index in [9.17, 15) is 4.79 Å². The van der Waals surface area contributed by atoms with Crippen molar-refractivity contribution in [3.8, 4) is 0 Å². The number of aryl methyl sites for hydroxylation is 1. The van der Waals surface area contributed by atoms with Gasteiger partial charge >= 0.3 is 0 Å². The molecule has 0 unspecified atom stereocenters. The number of aromatic amines is 1. The van der Waals surface area contributed by atoms with Crippen molar-refractivity contribution in [3.63, 3.8) is 0 Å². The van der Waals surface area contributed by atoms with Crippen LogP contribution in [0.4, 0.5) is 5.82 Å². The molecule has 6 nitrogen and oxygen atoms in total. The summed E-state index contributed by atoms with van der Waals surface area (Å²) in [4.78, 5) is 20.2. The lowest BCUT2D eigenvalue weighted by atomic mass is 10.0. The maximum absolute atomic E-state index is 12.1. The number of carbonyl (C=O) groups excluding carboxylic acids is 1. The third kappa shape index (κ3) is 2.54. The summed E-state index contributed by atoms with van der Waals surface area (Å²) in [5.74, 6) is 0.813. The van der Waals surface area contributed by atoms with Crippen LogP contribution in [-0.4, -0.2) is 26.1 Å². The third-order valence-corrected chi connectivity index (χ3v) is 3.73. The maximum atomic E-state index is 12.1. The number of nitrogens with one attached hydrogen (secondary N) is 2. The molecule has 3 rings (SSSR count). The summed E-state index contributed by atoms with van der Waals surface area (Å²) in [5, 5.41) is 9.93. The van der Waals surface area contributed by atoms with Crippen molar-refractivity contribution >= 4 is 11.7 Å². The molecule has 0 aliphatic heterocycles. The molecule has 20 heavy (non-hydrogen) atoms. The van der Waals surface area contributed by atoms with Gasteiger partial charge in [-0.15, -0.1) is 0 Å². The van der Waals surface area contributed by atoms with Crippen LogP contribution in [0.5, 0.6) is 0 Å². The van der Waals surface area contributed by atoms with Crippen molar-refractivity contribution in [1.29, 1.82) is 0 Å². The van der Waals surface area contributed by atoms with Gasteiger partial charge in [-0.3, -0.25) is 14.9 Å². The molecular weight excluding hydrogens is 254 g/mol. The SMILES string of the molecule is Cc1nccnc1C(=O)Nc1cc(C2CCCC2)[nH]n1. The molecule has 0 radical (unpaired) electrons. The Labute approximate surface area is 117 Å². The minimum Gasteiger partial charge on any atom is -0.304 e. The van der Waals surface area contributed by atoms with E-state index >= 15 is 0 Å². The molecule has 0 atom stereocenters. The first-order chi connectivity index (χ1) is 9.74. The van der Waals surface area contributed by atoms with Gasteiger partial charge in [0.2, 0.25) is 0 Å². The molecule has 2 N–H and O–H groups in total. The smallest absolute Gasteiger partial charge is 0.277 e. The van der Waals surface area contributed by atoms with Gasteiger partial charge in [0.25, 0.3) is 5.91 Å². The molecule has 2 heterocycles. The van der Waals surface area contributed by atoms with E-state index < -0.39 is 0 Å². The minimum absolute atomic E-state index is 0.278. The van der Waals surface area contributed by atoms with E-state index in [1.807, 2.05) is 6.07 Å². The van der Waals surface area contributed by atoms with Gasteiger partial charge in [0.05, 0.1) is 5.69 Å². The first kappa shape index (κ1) is 12.8. The lowest BCUT2D eigenvalue weighted by molar-refractivity contribution is 0.102. The van der Waals surface area contributed by atoms with Crippen LogP contribution >= 0.6 is 0 Å². The monoisotopic (exact) mass is 271 g/mol. The molecule has 1 aliphatic carbocycles. The average Bonchev–Trinajstić information content (AvgIpc) is 3.09. The molecule has 1 saturated carbocycles. The van der Waals surface area contributed by atoms with Crippen LogP contribution in [0.15, 0.2) is 18.5 Å². The standard InChI is InChI=1S/C14H17N5O/c1-9-13(16-7-6-15-9)14(20)17-12-8-11(18-19-12)10-4-2-3-5-10/h6-8,10H,2-5H2,1H3,(H2,17,18,19,20). The maximum Gasteiger partial charge on any atom is 0.277 e. The van der Waals surface area contributed by atoms with E-state index in [2.05, 4.69) is 25.5 Å². The lowest BCUT2D eigenvalue weighted by Crippen LogP contribution is -2.16. The molecule has 0 bridgehead atoms. The van der Waals surface area contributed by atoms with Crippen LogP contribution in [0.3, 0.4) is 0 Å². The second kappa shape index (κ2) is 5.40. The van der Waals surface area contributed by atoms with E-state index in [-0.39, 0.29) is 5.91 Å². The summed E-state index contributed by atoms with van der Waals surface area (Å²) in [6.45, 7) is 1.76. The largest absolute Gasteiger partial charge is 0.304 e. The quantitative estimate of drug-likeness (QED) is 0.898. The zero-order chi connectivity index (χ0) is 13.9. The number of H-pyrrole nitrogens is 1. The first-order valence-electron chi connectivity index (χ1n) is 6.88. The molecule has 0 saturated heterocycles. The predicted molar refractivity (Wildman–Crippen MR) is 74.5 cm³/mol. The second-order valence-corrected chi connectivity index (χ2v) is 5.13. The van der Waals surface area contributed by atoms with Gasteiger partial charge in [-0.1, -0.05) is 12.8 Å². The van der Waals surface area contributed by atoms with Crippen LogP contribution in [0.2, 0.25) is 0 Å². The predicted octanol–water partition coefficient (Wildman–Crippen LogP) is 2.42. The van der Waals surface area contributed by atoms with Gasteiger partial charge in [0.1, 0.15) is 5.69 Å². The number of anilines is 1. The van der Waals surface area contributed by atoms with Gasteiger partial charge in [0, 0.05) is 30.1 Å². The Morgan fingerprint density at radius 3 is 2.80 bits per heavy atom. The molecule has 0 aromatic carbocycles. The molecule has 1 fully saturated rings. The topological polar surface area (TPSA) is 83.6 Å². The number of hydrogen-bond donors (Lipinski definition) is 2. The van der Waals surface area contributed by atoms with Crippen LogP contribution in [0, 0.1) is 6.92 Å². The summed E-state index contributed by atoms with van der Waals surface area (Å²) in [7, 11) is 0. The Hall–Kier alpha value is -2.24. The molecule has 104 valence electrons. The summed E-state index contributed by atoms with van der Waals surface area (Å²) in [5.41, 5.74) is 2.04. The van der Waals surface area contributed by atoms with E-state index in [4.69, 9.17) is 0 Å². The Morgan fingerprint density at radius 2 is 2.05 bits per heavy atom. The third-order valence-electron chi connectivity index (χ3n) is 3.73. The number of carbonyl (C=O) groups is 1. The number of aromatic nitrogens is 4. The van der Waals surface area contributed by atoms with Crippen molar-refractivity contribution in [2.75, 3.05) is 5.32 Å². The molecule has 2 aromatic rings. The molecule has 2 aromatic heterocycles. The lowest BCUT2D eigenvalue weighted by Gasteiger charge is -2.04. The number of nitrogens with zero attached hydrogens (tertiary/aromatic N) is 3. The molecule has 1 aliphatic rings. The summed E-state index contributed by atoms with van der Waals surface area (Å²) < 4.78 is 0. The zero-order valence-electron chi connectivity index (χ0n) is 11.4. The Balaban J connectivity index is 1.72. The fourth-order valence-electron chi connectivity index (χ4n) is 2.65. The molecule has 6 heteroatoms. The van der Waals surface area contributed by atoms with Crippen molar-refractivity contribution in [2.45, 2.75) is 38.5 Å². The molecular formula is C14H17N5O. The highest BCUT2D eigenvalue weighted by Gasteiger charge is 2.20. The zero-order valence-corrected chi connectivity index (χ0v) is 11.4. The average molecular weight is 271 g/mol. The van der Waals surface area contributed by atoms with E-state index in [0.717, 1.165) is 5.69 Å². The van der Waals surface area contributed by atoms with Gasteiger partial charge < -0.3 is 5.32 Å². The summed E-state index contributed by atoms with van der Waals surface area (Å²) in [6.07, 6.45) is 8.00. The first-order valence-corrected chi connectivity index (χ1v) is 6.88. The van der Waals surface area contributed by atoms with E-state index in [1.165, 1.54) is 31.9 Å². The number of hydrogen-bond acceptors (Lipinski definition) is 4. The van der Waals surface area contributed by atoms with E-state index in [0.29, 0.717) is 23.1 Å². The van der Waals surface area contributed by atoms with Crippen molar-refractivity contribution < 1.29 is 4.79 Å². The Morgan fingerprint density at radius 1 is 1.30 bits per heavy atom. The Bertz CT molecular complexity index is 616. The fourth-order valence-corrected chi connectivity index (χ4v) is 2.65. The van der Waals surface area contributed by atoms with Crippen molar-refractivity contribution in [2.24, 2.45) is 0 Å². The number of amides is 1. The minimum atomic E-state index is -0.278. The van der Waals surface area contributed by atoms with Crippen LogP contribution in [0.1, 0.15) is 53.5 Å². The van der Waals surface area contributed by atoms with Gasteiger partial charge in [-0.2, -0.15) is 5.10 Å². The van der Waals surface area contributed by atoms with Gasteiger partial charge in [-0.25, -0.2) is 4.98 Å². The highest BCUT2D eigenvalue weighted by atomic mass is 16.2. The summed E-state index contributed by atoms with van der Waals surface area (Å²) in [6, 6.07) is 1.92. The van der Waals surface area contributed by atoms with Crippen LogP contribution in [-0.2, 0) is 0 Å². The Kier molecular flexibility index (Phi) is 3.45.